The van der Waals surface area contributed by atoms with Gasteiger partial charge in [0.1, 0.15) is 5.82 Å². The Bertz CT molecular complexity index is 1060. The van der Waals surface area contributed by atoms with E-state index in [1.165, 1.54) is 18.2 Å². The number of rotatable bonds is 5. The van der Waals surface area contributed by atoms with Gasteiger partial charge in [-0.3, -0.25) is 4.68 Å². The van der Waals surface area contributed by atoms with Crippen molar-refractivity contribution in [2.75, 3.05) is 10.6 Å². The summed E-state index contributed by atoms with van der Waals surface area (Å²) in [6.07, 6.45) is 3.27. The Morgan fingerprint density at radius 2 is 1.78 bits per heavy atom. The van der Waals surface area contributed by atoms with Crippen LogP contribution in [0.25, 0.3) is 0 Å². The third-order valence-electron chi connectivity index (χ3n) is 3.62. The molecule has 2 aromatic carbocycles. The summed E-state index contributed by atoms with van der Waals surface area (Å²) in [4.78, 5) is 0.0151. The van der Waals surface area contributed by atoms with Gasteiger partial charge in [-0.1, -0.05) is 18.2 Å². The van der Waals surface area contributed by atoms with Crippen LogP contribution in [-0.2, 0) is 16.6 Å². The zero-order chi connectivity index (χ0) is 19.4. The Hall–Kier alpha value is -2.82. The predicted octanol–water partition coefficient (Wildman–Crippen LogP) is 2.53. The molecule has 0 fully saturated rings. The fraction of sp³-hybridized carbons (Fsp3) is 0.0588. The van der Waals surface area contributed by atoms with Crippen LogP contribution in [0.15, 0.2) is 65.8 Å². The quantitative estimate of drug-likeness (QED) is 0.564. The lowest BCUT2D eigenvalue weighted by molar-refractivity contribution is 0.585. The molecule has 1 heterocycles. The first kappa shape index (κ1) is 19.0. The van der Waals surface area contributed by atoms with Gasteiger partial charge >= 0.3 is 0 Å². The lowest BCUT2D eigenvalue weighted by atomic mass is 10.2. The Kier molecular flexibility index (Phi) is 5.49. The van der Waals surface area contributed by atoms with Crippen molar-refractivity contribution in [1.29, 1.82) is 0 Å². The van der Waals surface area contributed by atoms with E-state index in [0.29, 0.717) is 28.6 Å². The third-order valence-corrected chi connectivity index (χ3v) is 4.76. The molecule has 0 aliphatic carbocycles. The molecule has 0 amide bonds. The van der Waals surface area contributed by atoms with E-state index in [0.717, 1.165) is 0 Å². The Labute approximate surface area is 161 Å². The van der Waals surface area contributed by atoms with E-state index in [9.17, 15) is 12.8 Å². The van der Waals surface area contributed by atoms with Gasteiger partial charge in [0.2, 0.25) is 10.0 Å². The number of primary sulfonamides is 1. The molecule has 0 atom stereocenters. The molecular weight excluding hydrogens is 389 g/mol. The Morgan fingerprint density at radius 1 is 1.11 bits per heavy atom. The molecular formula is C17H16FN5O2S2. The van der Waals surface area contributed by atoms with Gasteiger partial charge in [-0.2, -0.15) is 5.10 Å². The highest BCUT2D eigenvalue weighted by Gasteiger charge is 2.08. The number of benzene rings is 2. The van der Waals surface area contributed by atoms with Gasteiger partial charge in [-0.05, 0) is 42.5 Å². The molecule has 10 heteroatoms. The number of nitrogens with zero attached hydrogens (tertiary/aromatic N) is 2. The molecule has 0 spiro atoms. The molecule has 4 N–H and O–H groups in total. The summed E-state index contributed by atoms with van der Waals surface area (Å²) in [7, 11) is -3.74. The van der Waals surface area contributed by atoms with E-state index < -0.39 is 10.0 Å². The molecule has 1 aromatic heterocycles. The van der Waals surface area contributed by atoms with E-state index in [1.807, 2.05) is 0 Å². The first-order valence-electron chi connectivity index (χ1n) is 7.78. The molecule has 0 aliphatic heterocycles. The number of hydrogen-bond acceptors (Lipinski definition) is 4. The van der Waals surface area contributed by atoms with Crippen molar-refractivity contribution in [3.8, 4) is 0 Å². The summed E-state index contributed by atoms with van der Waals surface area (Å²) in [5, 5.41) is 15.4. The maximum absolute atomic E-state index is 13.7. The van der Waals surface area contributed by atoms with Crippen molar-refractivity contribution in [2.24, 2.45) is 5.14 Å². The number of halogens is 1. The Balaban J connectivity index is 1.60. The zero-order valence-electron chi connectivity index (χ0n) is 14.0. The number of hydrogen-bond donors (Lipinski definition) is 3. The van der Waals surface area contributed by atoms with Gasteiger partial charge in [0.15, 0.2) is 5.11 Å². The first-order valence-corrected chi connectivity index (χ1v) is 9.73. The largest absolute Gasteiger partial charge is 0.332 e. The van der Waals surface area contributed by atoms with Gasteiger partial charge in [-0.25, -0.2) is 17.9 Å². The summed E-state index contributed by atoms with van der Waals surface area (Å²) in [6, 6.07) is 12.4. The standard InChI is InChI=1S/C17H16FN5O2S2/c18-16-4-2-1-3-12(16)10-23-11-14(9-20-23)22-17(26)21-13-5-7-15(8-6-13)27(19,24)25/h1-9,11H,10H2,(H2,19,24,25)(H2,21,22,26). The van der Waals surface area contributed by atoms with Gasteiger partial charge in [0.05, 0.1) is 23.3 Å². The second-order valence-electron chi connectivity index (χ2n) is 5.67. The van der Waals surface area contributed by atoms with Crippen molar-refractivity contribution in [2.45, 2.75) is 11.4 Å². The topological polar surface area (TPSA) is 102 Å². The van der Waals surface area contributed by atoms with Crippen LogP contribution in [0.2, 0.25) is 0 Å². The molecule has 0 bridgehead atoms. The van der Waals surface area contributed by atoms with Crippen LogP contribution in [0, 0.1) is 5.82 Å². The SMILES string of the molecule is NS(=O)(=O)c1ccc(NC(=S)Nc2cnn(Cc3ccccc3F)c2)cc1. The fourth-order valence-electron chi connectivity index (χ4n) is 2.34. The number of sulfonamides is 1. The molecule has 140 valence electrons. The van der Waals surface area contributed by atoms with Gasteiger partial charge in [-0.15, -0.1) is 0 Å². The number of anilines is 2. The van der Waals surface area contributed by atoms with Crippen LogP contribution < -0.4 is 15.8 Å². The number of nitrogens with one attached hydrogen (secondary N) is 2. The van der Waals surface area contributed by atoms with Crippen LogP contribution in [0.5, 0.6) is 0 Å². The van der Waals surface area contributed by atoms with E-state index in [-0.39, 0.29) is 10.7 Å². The van der Waals surface area contributed by atoms with Crippen molar-refractivity contribution >= 4 is 38.7 Å². The maximum Gasteiger partial charge on any atom is 0.238 e. The molecule has 0 aliphatic rings. The highest BCUT2D eigenvalue weighted by Crippen LogP contribution is 2.14. The van der Waals surface area contributed by atoms with Gasteiger partial charge in [0, 0.05) is 17.4 Å². The summed E-state index contributed by atoms with van der Waals surface area (Å²) < 4.78 is 37.8. The van der Waals surface area contributed by atoms with Crippen LogP contribution >= 0.6 is 12.2 Å². The average Bonchev–Trinajstić information content (AvgIpc) is 3.03. The van der Waals surface area contributed by atoms with Crippen molar-refractivity contribution in [1.82, 2.24) is 9.78 Å². The van der Waals surface area contributed by atoms with Crippen molar-refractivity contribution in [3.05, 3.63) is 72.3 Å². The monoisotopic (exact) mass is 405 g/mol. The summed E-state index contributed by atoms with van der Waals surface area (Å²) in [5.74, 6) is -0.289. The summed E-state index contributed by atoms with van der Waals surface area (Å²) >= 11 is 5.22. The first-order chi connectivity index (χ1) is 12.8. The normalized spacial score (nSPS) is 11.2. The smallest absolute Gasteiger partial charge is 0.238 e. The molecule has 0 saturated heterocycles. The molecule has 0 unspecified atom stereocenters. The minimum Gasteiger partial charge on any atom is -0.332 e. The fourth-order valence-corrected chi connectivity index (χ4v) is 3.09. The lowest BCUT2D eigenvalue weighted by Gasteiger charge is -2.09. The minimum absolute atomic E-state index is 0.0151. The second-order valence-corrected chi connectivity index (χ2v) is 7.64. The molecule has 3 aromatic rings. The molecule has 27 heavy (non-hydrogen) atoms. The highest BCUT2D eigenvalue weighted by molar-refractivity contribution is 7.89. The third kappa shape index (κ3) is 5.09. The molecule has 7 nitrogen and oxygen atoms in total. The molecule has 0 saturated carbocycles. The van der Waals surface area contributed by atoms with E-state index in [1.54, 1.807) is 47.4 Å². The zero-order valence-corrected chi connectivity index (χ0v) is 15.6. The number of nitrogens with two attached hydrogens (primary N) is 1. The van der Waals surface area contributed by atoms with Crippen molar-refractivity contribution < 1.29 is 12.8 Å². The van der Waals surface area contributed by atoms with Crippen molar-refractivity contribution in [3.63, 3.8) is 0 Å². The van der Waals surface area contributed by atoms with Crippen LogP contribution in [0.3, 0.4) is 0 Å². The van der Waals surface area contributed by atoms with E-state index >= 15 is 0 Å². The average molecular weight is 405 g/mol. The summed E-state index contributed by atoms with van der Waals surface area (Å²) in [5.41, 5.74) is 1.76. The Morgan fingerprint density at radius 3 is 2.44 bits per heavy atom. The molecule has 0 radical (unpaired) electrons. The maximum atomic E-state index is 13.7. The van der Waals surface area contributed by atoms with Gasteiger partial charge < -0.3 is 10.6 Å². The highest BCUT2D eigenvalue weighted by atomic mass is 32.2. The minimum atomic E-state index is -3.74. The van der Waals surface area contributed by atoms with Crippen LogP contribution in [0.1, 0.15) is 5.56 Å². The lowest BCUT2D eigenvalue weighted by Crippen LogP contribution is -2.19. The number of thiocarbonyl (C=S) groups is 1. The predicted molar refractivity (Wildman–Crippen MR) is 105 cm³/mol. The number of aromatic nitrogens is 2. The van der Waals surface area contributed by atoms with E-state index in [4.69, 9.17) is 17.4 Å². The van der Waals surface area contributed by atoms with Gasteiger partial charge in [0.25, 0.3) is 0 Å². The summed E-state index contributed by atoms with van der Waals surface area (Å²) in [6.45, 7) is 0.295. The van der Waals surface area contributed by atoms with Crippen LogP contribution in [-0.4, -0.2) is 23.3 Å². The van der Waals surface area contributed by atoms with E-state index in [2.05, 4.69) is 15.7 Å². The second kappa shape index (κ2) is 7.82. The molecule has 3 rings (SSSR count). The van der Waals surface area contributed by atoms with Crippen LogP contribution in [0.4, 0.5) is 15.8 Å².